The maximum atomic E-state index is 4.65. The summed E-state index contributed by atoms with van der Waals surface area (Å²) < 4.78 is 0. The van der Waals surface area contributed by atoms with Gasteiger partial charge in [-0.05, 0) is 24.8 Å². The Bertz CT molecular complexity index is 511. The summed E-state index contributed by atoms with van der Waals surface area (Å²) in [4.78, 5) is 14.4. The van der Waals surface area contributed by atoms with Crippen molar-refractivity contribution in [3.63, 3.8) is 0 Å². The topological polar surface area (TPSA) is 44.8 Å². The summed E-state index contributed by atoms with van der Waals surface area (Å²) in [7, 11) is 4.05. The zero-order valence-electron chi connectivity index (χ0n) is 9.70. The van der Waals surface area contributed by atoms with Crippen LogP contribution in [-0.4, -0.2) is 29.0 Å². The van der Waals surface area contributed by atoms with E-state index in [-0.39, 0.29) is 0 Å². The lowest BCUT2D eigenvalue weighted by Crippen LogP contribution is -2.13. The number of nitrogens with zero attached hydrogens (tertiary/aromatic N) is 3. The summed E-state index contributed by atoms with van der Waals surface area (Å²) in [5.74, 6) is 2.81. The maximum Gasteiger partial charge on any atom is 0.143 e. The van der Waals surface area contributed by atoms with Crippen LogP contribution in [0.3, 0.4) is 0 Å². The van der Waals surface area contributed by atoms with Crippen LogP contribution in [-0.2, 0) is 6.42 Å². The summed E-state index contributed by atoms with van der Waals surface area (Å²) in [6.45, 7) is 0. The molecule has 4 nitrogen and oxygen atoms in total. The largest absolute Gasteiger partial charge is 0.362 e. The first-order chi connectivity index (χ1) is 7.74. The Morgan fingerprint density at radius 3 is 2.88 bits per heavy atom. The molecule has 0 amide bonds. The van der Waals surface area contributed by atoms with Crippen molar-refractivity contribution in [1.29, 1.82) is 0 Å². The molecule has 0 unspecified atom stereocenters. The van der Waals surface area contributed by atoms with Crippen molar-refractivity contribution in [3.05, 3.63) is 18.1 Å². The van der Waals surface area contributed by atoms with E-state index in [0.29, 0.717) is 0 Å². The van der Waals surface area contributed by atoms with Gasteiger partial charge in [0.25, 0.3) is 0 Å². The van der Waals surface area contributed by atoms with Crippen LogP contribution < -0.4 is 4.90 Å². The number of hydrogen-bond acceptors (Lipinski definition) is 3. The number of aromatic amines is 1. The highest BCUT2D eigenvalue weighted by molar-refractivity contribution is 5.87. The molecule has 0 aromatic carbocycles. The van der Waals surface area contributed by atoms with Crippen LogP contribution in [0.4, 0.5) is 5.82 Å². The van der Waals surface area contributed by atoms with Gasteiger partial charge in [0.15, 0.2) is 0 Å². The van der Waals surface area contributed by atoms with Crippen molar-refractivity contribution in [2.45, 2.75) is 19.3 Å². The van der Waals surface area contributed by atoms with E-state index in [9.17, 15) is 0 Å². The molecule has 0 saturated heterocycles. The first-order valence-corrected chi connectivity index (χ1v) is 5.75. The lowest BCUT2D eigenvalue weighted by Gasteiger charge is -2.13. The van der Waals surface area contributed by atoms with Gasteiger partial charge in [-0.3, -0.25) is 0 Å². The quantitative estimate of drug-likeness (QED) is 0.853. The van der Waals surface area contributed by atoms with Crippen LogP contribution in [0.5, 0.6) is 0 Å². The summed E-state index contributed by atoms with van der Waals surface area (Å²) in [5.41, 5.74) is 0.953. The van der Waals surface area contributed by atoms with Crippen LogP contribution in [0.1, 0.15) is 18.7 Å². The molecule has 0 aliphatic heterocycles. The molecule has 2 heterocycles. The van der Waals surface area contributed by atoms with Gasteiger partial charge in [-0.25, -0.2) is 9.97 Å². The van der Waals surface area contributed by atoms with Crippen LogP contribution in [0.25, 0.3) is 11.0 Å². The predicted octanol–water partition coefficient (Wildman–Crippen LogP) is 1.98. The second kappa shape index (κ2) is 3.47. The highest BCUT2D eigenvalue weighted by atomic mass is 15.2. The fourth-order valence-corrected chi connectivity index (χ4v) is 1.98. The van der Waals surface area contributed by atoms with Gasteiger partial charge in [-0.15, -0.1) is 0 Å². The lowest BCUT2D eigenvalue weighted by molar-refractivity contribution is 0.772. The van der Waals surface area contributed by atoms with E-state index in [4.69, 9.17) is 0 Å². The second-order valence-corrected chi connectivity index (χ2v) is 4.75. The molecule has 2 aromatic heterocycles. The Balaban J connectivity index is 2.08. The maximum absolute atomic E-state index is 4.65. The van der Waals surface area contributed by atoms with Crippen LogP contribution in [0, 0.1) is 5.92 Å². The molecule has 1 aliphatic rings. The SMILES string of the molecule is CN(C)c1nc(CC2CC2)nc2[nH]ccc12. The molecule has 0 bridgehead atoms. The highest BCUT2D eigenvalue weighted by Gasteiger charge is 2.23. The first-order valence-electron chi connectivity index (χ1n) is 5.75. The van der Waals surface area contributed by atoms with Gasteiger partial charge in [0.1, 0.15) is 17.3 Å². The van der Waals surface area contributed by atoms with Gasteiger partial charge in [-0.2, -0.15) is 0 Å². The molecular formula is C12H16N4. The van der Waals surface area contributed by atoms with E-state index >= 15 is 0 Å². The van der Waals surface area contributed by atoms with Crippen LogP contribution in [0.2, 0.25) is 0 Å². The molecule has 16 heavy (non-hydrogen) atoms. The van der Waals surface area contributed by atoms with E-state index in [2.05, 4.69) is 15.0 Å². The molecule has 1 aliphatic carbocycles. The third kappa shape index (κ3) is 1.64. The number of anilines is 1. The molecule has 1 fully saturated rings. The molecule has 0 spiro atoms. The molecule has 4 heteroatoms. The van der Waals surface area contributed by atoms with Crippen molar-refractivity contribution in [2.24, 2.45) is 5.92 Å². The molecule has 1 N–H and O–H groups in total. The number of fused-ring (bicyclic) bond motifs is 1. The van der Waals surface area contributed by atoms with Crippen LogP contribution in [0.15, 0.2) is 12.3 Å². The monoisotopic (exact) mass is 216 g/mol. The zero-order chi connectivity index (χ0) is 11.1. The number of hydrogen-bond donors (Lipinski definition) is 1. The normalized spacial score (nSPS) is 15.6. The zero-order valence-corrected chi connectivity index (χ0v) is 9.70. The number of nitrogens with one attached hydrogen (secondary N) is 1. The molecule has 84 valence electrons. The van der Waals surface area contributed by atoms with Gasteiger partial charge in [0, 0.05) is 26.7 Å². The number of rotatable bonds is 3. The predicted molar refractivity (Wildman–Crippen MR) is 64.6 cm³/mol. The molecule has 2 aromatic rings. The van der Waals surface area contributed by atoms with E-state index in [1.807, 2.05) is 31.3 Å². The second-order valence-electron chi connectivity index (χ2n) is 4.75. The molecule has 3 rings (SSSR count). The van der Waals surface area contributed by atoms with Crippen molar-refractivity contribution < 1.29 is 0 Å². The minimum absolute atomic E-state index is 0.822. The summed E-state index contributed by atoms with van der Waals surface area (Å²) in [6, 6.07) is 2.03. The average molecular weight is 216 g/mol. The molecule has 1 saturated carbocycles. The minimum atomic E-state index is 0.822. The lowest BCUT2D eigenvalue weighted by atomic mass is 10.2. The van der Waals surface area contributed by atoms with Crippen molar-refractivity contribution in [3.8, 4) is 0 Å². The summed E-state index contributed by atoms with van der Waals surface area (Å²) in [5, 5.41) is 1.10. The molecular weight excluding hydrogens is 200 g/mol. The Morgan fingerprint density at radius 2 is 2.19 bits per heavy atom. The highest BCUT2D eigenvalue weighted by Crippen LogP contribution is 2.32. The van der Waals surface area contributed by atoms with Gasteiger partial charge in [-0.1, -0.05) is 0 Å². The third-order valence-corrected chi connectivity index (χ3v) is 3.03. The van der Waals surface area contributed by atoms with Crippen molar-refractivity contribution in [2.75, 3.05) is 19.0 Å². The van der Waals surface area contributed by atoms with E-state index in [0.717, 1.165) is 35.0 Å². The Morgan fingerprint density at radius 1 is 1.38 bits per heavy atom. The average Bonchev–Trinajstić information content (AvgIpc) is 2.93. The van der Waals surface area contributed by atoms with Crippen molar-refractivity contribution in [1.82, 2.24) is 15.0 Å². The van der Waals surface area contributed by atoms with E-state index in [1.54, 1.807) is 0 Å². The standard InChI is InChI=1S/C12H16N4/c1-16(2)12-9-5-6-13-11(9)14-10(15-12)7-8-3-4-8/h5-6,8H,3-4,7H2,1-2H3,(H,13,14,15). The van der Waals surface area contributed by atoms with Gasteiger partial charge < -0.3 is 9.88 Å². The summed E-state index contributed by atoms with van der Waals surface area (Å²) >= 11 is 0. The third-order valence-electron chi connectivity index (χ3n) is 3.03. The molecule has 0 radical (unpaired) electrons. The van der Waals surface area contributed by atoms with E-state index < -0.39 is 0 Å². The van der Waals surface area contributed by atoms with Crippen molar-refractivity contribution >= 4 is 16.9 Å². The number of aromatic nitrogens is 3. The fraction of sp³-hybridized carbons (Fsp3) is 0.500. The Hall–Kier alpha value is -1.58. The Labute approximate surface area is 94.7 Å². The molecule has 0 atom stereocenters. The number of H-pyrrole nitrogens is 1. The van der Waals surface area contributed by atoms with E-state index in [1.165, 1.54) is 12.8 Å². The van der Waals surface area contributed by atoms with Crippen LogP contribution >= 0.6 is 0 Å². The Kier molecular flexibility index (Phi) is 2.09. The summed E-state index contributed by atoms with van der Waals surface area (Å²) in [6.07, 6.45) is 5.62. The fourth-order valence-electron chi connectivity index (χ4n) is 1.98. The van der Waals surface area contributed by atoms with Gasteiger partial charge in [0.05, 0.1) is 5.39 Å². The minimum Gasteiger partial charge on any atom is -0.362 e. The smallest absolute Gasteiger partial charge is 0.143 e. The first kappa shape index (κ1) is 9.63. The van der Waals surface area contributed by atoms with Gasteiger partial charge >= 0.3 is 0 Å². The van der Waals surface area contributed by atoms with Gasteiger partial charge in [0.2, 0.25) is 0 Å².